The van der Waals surface area contributed by atoms with E-state index in [4.69, 9.17) is 0 Å². The molecule has 0 bridgehead atoms. The lowest BCUT2D eigenvalue weighted by molar-refractivity contribution is 0.0939. The highest BCUT2D eigenvalue weighted by Gasteiger charge is 2.22. The van der Waals surface area contributed by atoms with E-state index in [0.717, 1.165) is 30.8 Å². The Morgan fingerprint density at radius 3 is 2.72 bits per heavy atom. The second-order valence-electron chi connectivity index (χ2n) is 5.13. The van der Waals surface area contributed by atoms with Gasteiger partial charge in [0, 0.05) is 32.4 Å². The van der Waals surface area contributed by atoms with Crippen LogP contribution in [0.15, 0.2) is 24.3 Å². The standard InChI is InChI=1S/C14H21N3O/c1-16(2)13-7-5-4-6-12(13)14(18)15-11-8-9-17(3)10-11/h4-7,11H,8-10H2,1-3H3,(H,15,18). The van der Waals surface area contributed by atoms with E-state index in [-0.39, 0.29) is 11.9 Å². The highest BCUT2D eigenvalue weighted by Crippen LogP contribution is 2.18. The van der Waals surface area contributed by atoms with Crippen molar-refractivity contribution in [3.8, 4) is 0 Å². The maximum atomic E-state index is 12.3. The molecule has 4 heteroatoms. The van der Waals surface area contributed by atoms with Gasteiger partial charge >= 0.3 is 0 Å². The first-order valence-corrected chi connectivity index (χ1v) is 6.33. The third-order valence-corrected chi connectivity index (χ3v) is 3.36. The number of nitrogens with zero attached hydrogens (tertiary/aromatic N) is 2. The molecule has 1 unspecified atom stereocenters. The first-order chi connectivity index (χ1) is 8.58. The van der Waals surface area contributed by atoms with E-state index < -0.39 is 0 Å². The molecule has 1 aromatic rings. The predicted molar refractivity (Wildman–Crippen MR) is 74.1 cm³/mol. The predicted octanol–water partition coefficient (Wildman–Crippen LogP) is 1.19. The molecule has 1 aliphatic heterocycles. The average molecular weight is 247 g/mol. The highest BCUT2D eigenvalue weighted by atomic mass is 16.1. The number of para-hydroxylation sites is 1. The fraction of sp³-hybridized carbons (Fsp3) is 0.500. The minimum Gasteiger partial charge on any atom is -0.377 e. The Kier molecular flexibility index (Phi) is 3.87. The largest absolute Gasteiger partial charge is 0.377 e. The third kappa shape index (κ3) is 2.82. The second kappa shape index (κ2) is 5.40. The van der Waals surface area contributed by atoms with Gasteiger partial charge in [-0.25, -0.2) is 0 Å². The van der Waals surface area contributed by atoms with Gasteiger partial charge in [0.25, 0.3) is 5.91 Å². The lowest BCUT2D eigenvalue weighted by Crippen LogP contribution is -2.37. The Labute approximate surface area is 109 Å². The van der Waals surface area contributed by atoms with Crippen molar-refractivity contribution in [2.45, 2.75) is 12.5 Å². The average Bonchev–Trinajstić information content (AvgIpc) is 2.74. The zero-order valence-electron chi connectivity index (χ0n) is 11.3. The zero-order chi connectivity index (χ0) is 13.1. The van der Waals surface area contributed by atoms with Crippen LogP contribution in [-0.4, -0.2) is 51.1 Å². The third-order valence-electron chi connectivity index (χ3n) is 3.36. The summed E-state index contributed by atoms with van der Waals surface area (Å²) in [5.74, 6) is 0.0274. The van der Waals surface area contributed by atoms with Crippen molar-refractivity contribution in [2.24, 2.45) is 0 Å². The Morgan fingerprint density at radius 2 is 2.11 bits per heavy atom. The lowest BCUT2D eigenvalue weighted by atomic mass is 10.1. The van der Waals surface area contributed by atoms with Crippen molar-refractivity contribution >= 4 is 11.6 Å². The molecule has 1 N–H and O–H groups in total. The van der Waals surface area contributed by atoms with Crippen LogP contribution in [0.1, 0.15) is 16.8 Å². The van der Waals surface area contributed by atoms with Gasteiger partial charge in [-0.1, -0.05) is 12.1 Å². The molecule has 0 spiro atoms. The van der Waals surface area contributed by atoms with Gasteiger partial charge in [-0.15, -0.1) is 0 Å². The van der Waals surface area contributed by atoms with E-state index >= 15 is 0 Å². The number of benzene rings is 1. The van der Waals surface area contributed by atoms with E-state index in [9.17, 15) is 4.79 Å². The molecule has 4 nitrogen and oxygen atoms in total. The summed E-state index contributed by atoms with van der Waals surface area (Å²) in [6.07, 6.45) is 1.03. The number of hydrogen-bond donors (Lipinski definition) is 1. The summed E-state index contributed by atoms with van der Waals surface area (Å²) in [6.45, 7) is 2.00. The summed E-state index contributed by atoms with van der Waals surface area (Å²) in [6, 6.07) is 7.98. The van der Waals surface area contributed by atoms with E-state index in [1.165, 1.54) is 0 Å². The number of carbonyl (C=O) groups is 1. The molecule has 0 radical (unpaired) electrons. The van der Waals surface area contributed by atoms with Gasteiger partial charge in [0.1, 0.15) is 0 Å². The second-order valence-corrected chi connectivity index (χ2v) is 5.13. The minimum atomic E-state index is 0.0274. The molecule has 0 saturated carbocycles. The molecule has 1 atom stereocenters. The van der Waals surface area contributed by atoms with Crippen molar-refractivity contribution < 1.29 is 4.79 Å². The summed E-state index contributed by atoms with van der Waals surface area (Å²) in [7, 11) is 5.99. The van der Waals surface area contributed by atoms with E-state index in [1.54, 1.807) is 0 Å². The number of likely N-dealkylation sites (tertiary alicyclic amines) is 1. The summed E-state index contributed by atoms with van der Waals surface area (Å²) >= 11 is 0. The van der Waals surface area contributed by atoms with Gasteiger partial charge < -0.3 is 15.1 Å². The molecule has 0 aromatic heterocycles. The van der Waals surface area contributed by atoms with Crippen LogP contribution in [0.5, 0.6) is 0 Å². The fourth-order valence-corrected chi connectivity index (χ4v) is 2.37. The van der Waals surface area contributed by atoms with Crippen LogP contribution in [0.3, 0.4) is 0 Å². The molecule has 0 aliphatic carbocycles. The van der Waals surface area contributed by atoms with Crippen molar-refractivity contribution in [3.63, 3.8) is 0 Å². The molecule has 1 saturated heterocycles. The Balaban J connectivity index is 2.09. The number of hydrogen-bond acceptors (Lipinski definition) is 3. The van der Waals surface area contributed by atoms with E-state index in [1.807, 2.05) is 43.3 Å². The van der Waals surface area contributed by atoms with Crippen LogP contribution in [0, 0.1) is 0 Å². The number of amides is 1. The maximum Gasteiger partial charge on any atom is 0.253 e. The SMILES string of the molecule is CN1CCC(NC(=O)c2ccccc2N(C)C)C1. The topological polar surface area (TPSA) is 35.6 Å². The van der Waals surface area contributed by atoms with Crippen LogP contribution < -0.4 is 10.2 Å². The van der Waals surface area contributed by atoms with E-state index in [2.05, 4.69) is 17.3 Å². The number of carbonyl (C=O) groups excluding carboxylic acids is 1. The molecule has 18 heavy (non-hydrogen) atoms. The lowest BCUT2D eigenvalue weighted by Gasteiger charge is -2.18. The van der Waals surface area contributed by atoms with Gasteiger partial charge in [0.15, 0.2) is 0 Å². The molecule has 1 aliphatic rings. The molecule has 2 rings (SSSR count). The summed E-state index contributed by atoms with van der Waals surface area (Å²) in [5, 5.41) is 3.11. The van der Waals surface area contributed by atoms with Crippen molar-refractivity contribution in [3.05, 3.63) is 29.8 Å². The summed E-state index contributed by atoms with van der Waals surface area (Å²) < 4.78 is 0. The van der Waals surface area contributed by atoms with Crippen molar-refractivity contribution in [2.75, 3.05) is 39.1 Å². The minimum absolute atomic E-state index is 0.0274. The number of nitrogens with one attached hydrogen (secondary N) is 1. The van der Waals surface area contributed by atoms with Crippen LogP contribution in [0.4, 0.5) is 5.69 Å². The quantitative estimate of drug-likeness (QED) is 0.871. The first-order valence-electron chi connectivity index (χ1n) is 6.33. The molecular weight excluding hydrogens is 226 g/mol. The zero-order valence-corrected chi connectivity index (χ0v) is 11.3. The van der Waals surface area contributed by atoms with Crippen LogP contribution in [0.2, 0.25) is 0 Å². The van der Waals surface area contributed by atoms with Crippen molar-refractivity contribution in [1.29, 1.82) is 0 Å². The fourth-order valence-electron chi connectivity index (χ4n) is 2.37. The van der Waals surface area contributed by atoms with Crippen LogP contribution >= 0.6 is 0 Å². The Hall–Kier alpha value is -1.55. The van der Waals surface area contributed by atoms with Gasteiger partial charge in [0.05, 0.1) is 5.56 Å². The highest BCUT2D eigenvalue weighted by molar-refractivity contribution is 5.99. The van der Waals surface area contributed by atoms with Crippen LogP contribution in [-0.2, 0) is 0 Å². The summed E-state index contributed by atoms with van der Waals surface area (Å²) in [4.78, 5) is 16.5. The molecule has 1 heterocycles. The molecule has 1 fully saturated rings. The van der Waals surface area contributed by atoms with Gasteiger partial charge in [0.2, 0.25) is 0 Å². The first kappa shape index (κ1) is 12.9. The Morgan fingerprint density at radius 1 is 1.39 bits per heavy atom. The molecule has 98 valence electrons. The number of likely N-dealkylation sites (N-methyl/N-ethyl adjacent to an activating group) is 1. The van der Waals surface area contributed by atoms with E-state index in [0.29, 0.717) is 0 Å². The summed E-state index contributed by atoms with van der Waals surface area (Å²) in [5.41, 5.74) is 1.71. The molecular formula is C14H21N3O. The van der Waals surface area contributed by atoms with Crippen molar-refractivity contribution in [1.82, 2.24) is 10.2 Å². The smallest absolute Gasteiger partial charge is 0.253 e. The number of rotatable bonds is 3. The Bertz CT molecular complexity index is 431. The number of anilines is 1. The maximum absolute atomic E-state index is 12.3. The van der Waals surface area contributed by atoms with Crippen LogP contribution in [0.25, 0.3) is 0 Å². The van der Waals surface area contributed by atoms with Gasteiger partial charge in [-0.3, -0.25) is 4.79 Å². The molecule has 1 amide bonds. The van der Waals surface area contributed by atoms with Gasteiger partial charge in [-0.2, -0.15) is 0 Å². The normalized spacial score (nSPS) is 19.8. The van der Waals surface area contributed by atoms with Gasteiger partial charge in [-0.05, 0) is 32.1 Å². The monoisotopic (exact) mass is 247 g/mol. The molecule has 1 aromatic carbocycles.